The number of aliphatic hydroxyl groups excluding tert-OH is 1. The number of alkyl halides is 1. The molecule has 4 aromatic rings. The summed E-state index contributed by atoms with van der Waals surface area (Å²) in [5, 5.41) is 27.5. The van der Waals surface area contributed by atoms with Crippen molar-refractivity contribution in [2.45, 2.75) is 44.0 Å². The summed E-state index contributed by atoms with van der Waals surface area (Å²) in [6.07, 6.45) is 3.97. The number of nitrogens with zero attached hydrogens (tertiary/aromatic N) is 3. The van der Waals surface area contributed by atoms with Gasteiger partial charge in [0.2, 0.25) is 5.91 Å². The number of rotatable bonds is 5. The summed E-state index contributed by atoms with van der Waals surface area (Å²) in [4.78, 5) is 12.0. The summed E-state index contributed by atoms with van der Waals surface area (Å²) in [5.41, 5.74) is 2.50. The summed E-state index contributed by atoms with van der Waals surface area (Å²) < 4.78 is 30.2. The molecule has 8 nitrogen and oxygen atoms in total. The lowest BCUT2D eigenvalue weighted by molar-refractivity contribution is -0.117. The van der Waals surface area contributed by atoms with E-state index in [0.29, 0.717) is 46.2 Å². The molecule has 4 N–H and O–H groups in total. The quantitative estimate of drug-likeness (QED) is 0.336. The number of aliphatic hydroxyl groups is 1. The monoisotopic (exact) mass is 486 g/mol. The maximum Gasteiger partial charge on any atom is 0.231 e. The number of aromatic nitrogens is 4. The van der Waals surface area contributed by atoms with Crippen LogP contribution in [0.15, 0.2) is 30.6 Å². The Balaban J connectivity index is 1.37. The number of amides is 1. The Labute approximate surface area is 197 Å². The Kier molecular flexibility index (Phi) is 4.96. The molecule has 11 heteroatoms. The second-order valence-corrected chi connectivity index (χ2v) is 9.38. The molecule has 1 amide bonds. The third kappa shape index (κ3) is 3.57. The van der Waals surface area contributed by atoms with E-state index in [0.717, 1.165) is 6.42 Å². The smallest absolute Gasteiger partial charge is 0.231 e. The Morgan fingerprint density at radius 3 is 2.85 bits per heavy atom. The van der Waals surface area contributed by atoms with E-state index in [4.69, 9.17) is 11.6 Å². The lowest BCUT2D eigenvalue weighted by Crippen LogP contribution is -2.18. The molecule has 1 aromatic carbocycles. The average molecular weight is 487 g/mol. The molecule has 6 rings (SSSR count). The summed E-state index contributed by atoms with van der Waals surface area (Å²) >= 11 is 6.54. The van der Waals surface area contributed by atoms with E-state index in [1.54, 1.807) is 35.1 Å². The van der Waals surface area contributed by atoms with Crippen LogP contribution in [0.25, 0.3) is 27.5 Å². The second-order valence-electron chi connectivity index (χ2n) is 9.01. The topological polar surface area (TPSA) is 107 Å². The van der Waals surface area contributed by atoms with Gasteiger partial charge in [-0.3, -0.25) is 9.89 Å². The molecule has 0 saturated heterocycles. The van der Waals surface area contributed by atoms with Crippen LogP contribution in [0.3, 0.4) is 0 Å². The van der Waals surface area contributed by atoms with Crippen LogP contribution in [0.4, 0.5) is 20.3 Å². The fraction of sp³-hybridized carbons (Fsp3) is 0.348. The largest absolute Gasteiger partial charge is 0.393 e. The number of anilines is 2. The predicted octanol–water partition coefficient (Wildman–Crippen LogP) is 4.29. The highest BCUT2D eigenvalue weighted by Gasteiger charge is 2.43. The first-order chi connectivity index (χ1) is 16.4. The van der Waals surface area contributed by atoms with E-state index >= 15 is 4.39 Å². The van der Waals surface area contributed by atoms with Gasteiger partial charge in [0.05, 0.1) is 40.0 Å². The van der Waals surface area contributed by atoms with Crippen molar-refractivity contribution >= 4 is 45.4 Å². The van der Waals surface area contributed by atoms with Gasteiger partial charge in [0.25, 0.3) is 0 Å². The molecule has 2 fully saturated rings. The number of H-pyrrole nitrogens is 1. The van der Waals surface area contributed by atoms with Crippen LogP contribution in [0.2, 0.25) is 5.02 Å². The minimum Gasteiger partial charge on any atom is -0.393 e. The standard InChI is InChI=1S/C23H21ClF2N6O2/c24-19-18(15-9-27-30-21(15)22(20(19)26)28-11-1-2-13(33)6-11)10-3-4-32-12(5-10)7-17(31-32)29-23(34)14-8-16(14)25/h3-5,7,9,11,13-14,16,28,33H,1-2,6,8H2,(H,27,30)(H,29,31,34)/t11?,13?,14-,16+/m1/s1. The highest BCUT2D eigenvalue weighted by atomic mass is 35.5. The van der Waals surface area contributed by atoms with Crippen LogP contribution < -0.4 is 10.6 Å². The molecule has 0 bridgehead atoms. The number of carbonyl (C=O) groups excluding carboxylic acids is 1. The molecule has 2 saturated carbocycles. The molecule has 2 aliphatic carbocycles. The number of nitrogens with one attached hydrogen (secondary N) is 3. The number of hydrogen-bond donors (Lipinski definition) is 4. The minimum absolute atomic E-state index is 0.0462. The maximum absolute atomic E-state index is 15.5. The van der Waals surface area contributed by atoms with Crippen LogP contribution in [0.1, 0.15) is 25.7 Å². The average Bonchev–Trinajstić information content (AvgIpc) is 3.17. The van der Waals surface area contributed by atoms with Crippen molar-refractivity contribution in [1.29, 1.82) is 0 Å². The maximum atomic E-state index is 15.5. The number of pyridine rings is 1. The molecule has 2 unspecified atom stereocenters. The molecule has 176 valence electrons. The SMILES string of the molecule is O=C(Nc1cc2cc(-c3c(Cl)c(F)c(NC4CCC(O)C4)c4[nH]ncc34)ccn2n1)[C@@H]1C[C@@H]1F. The predicted molar refractivity (Wildman–Crippen MR) is 124 cm³/mol. The number of carbonyl (C=O) groups is 1. The van der Waals surface area contributed by atoms with Gasteiger partial charge in [-0.1, -0.05) is 11.6 Å². The second kappa shape index (κ2) is 7.92. The first-order valence-electron chi connectivity index (χ1n) is 11.1. The van der Waals surface area contributed by atoms with Crippen molar-refractivity contribution in [3.8, 4) is 11.1 Å². The van der Waals surface area contributed by atoms with Gasteiger partial charge in [-0.15, -0.1) is 0 Å². The Hall–Kier alpha value is -3.24. The van der Waals surface area contributed by atoms with E-state index in [1.165, 1.54) is 0 Å². The molecule has 0 spiro atoms. The van der Waals surface area contributed by atoms with Gasteiger partial charge in [0, 0.05) is 29.3 Å². The third-order valence-corrected chi connectivity index (χ3v) is 6.95. The molecule has 4 atom stereocenters. The number of halogens is 3. The zero-order chi connectivity index (χ0) is 23.6. The van der Waals surface area contributed by atoms with E-state index in [-0.39, 0.29) is 29.1 Å². The fourth-order valence-electron chi connectivity index (χ4n) is 4.69. The highest BCUT2D eigenvalue weighted by molar-refractivity contribution is 6.36. The Morgan fingerprint density at radius 2 is 2.12 bits per heavy atom. The van der Waals surface area contributed by atoms with Crippen LogP contribution in [-0.2, 0) is 4.79 Å². The van der Waals surface area contributed by atoms with Crippen molar-refractivity contribution in [2.75, 3.05) is 10.6 Å². The van der Waals surface area contributed by atoms with Gasteiger partial charge >= 0.3 is 0 Å². The van der Waals surface area contributed by atoms with E-state index in [1.807, 2.05) is 0 Å². The Morgan fingerprint density at radius 1 is 1.29 bits per heavy atom. The van der Waals surface area contributed by atoms with Gasteiger partial charge in [-0.25, -0.2) is 13.3 Å². The third-order valence-electron chi connectivity index (χ3n) is 6.60. The fourth-order valence-corrected chi connectivity index (χ4v) is 5.00. The Bertz CT molecular complexity index is 1440. The molecule has 3 aromatic heterocycles. The zero-order valence-corrected chi connectivity index (χ0v) is 18.6. The van der Waals surface area contributed by atoms with E-state index in [2.05, 4.69) is 25.9 Å². The van der Waals surface area contributed by atoms with Crippen molar-refractivity contribution in [2.24, 2.45) is 5.92 Å². The van der Waals surface area contributed by atoms with Crippen molar-refractivity contribution in [1.82, 2.24) is 19.8 Å². The number of fused-ring (bicyclic) bond motifs is 2. The summed E-state index contributed by atoms with van der Waals surface area (Å²) in [6.45, 7) is 0. The van der Waals surface area contributed by atoms with Gasteiger partial charge in [0.15, 0.2) is 11.6 Å². The lowest BCUT2D eigenvalue weighted by atomic mass is 10.0. The summed E-state index contributed by atoms with van der Waals surface area (Å²) in [7, 11) is 0. The summed E-state index contributed by atoms with van der Waals surface area (Å²) in [6, 6.07) is 5.14. The summed E-state index contributed by atoms with van der Waals surface area (Å²) in [5.74, 6) is -1.29. The van der Waals surface area contributed by atoms with Crippen molar-refractivity contribution in [3.05, 3.63) is 41.4 Å². The van der Waals surface area contributed by atoms with Crippen LogP contribution in [0, 0.1) is 11.7 Å². The molecule has 34 heavy (non-hydrogen) atoms. The minimum atomic E-state index is -1.09. The first-order valence-corrected chi connectivity index (χ1v) is 11.5. The molecule has 3 heterocycles. The normalized spacial score (nSPS) is 24.1. The van der Waals surface area contributed by atoms with E-state index < -0.39 is 24.0 Å². The number of benzene rings is 1. The van der Waals surface area contributed by atoms with Crippen LogP contribution in [-0.4, -0.2) is 49.1 Å². The van der Waals surface area contributed by atoms with E-state index in [9.17, 15) is 14.3 Å². The van der Waals surface area contributed by atoms with Crippen molar-refractivity contribution < 1.29 is 18.7 Å². The van der Waals surface area contributed by atoms with Gasteiger partial charge < -0.3 is 15.7 Å². The van der Waals surface area contributed by atoms with Gasteiger partial charge in [-0.05, 0) is 43.4 Å². The van der Waals surface area contributed by atoms with Crippen molar-refractivity contribution in [3.63, 3.8) is 0 Å². The number of aromatic amines is 1. The molecular formula is C23H21ClF2N6O2. The number of hydrogen-bond acceptors (Lipinski definition) is 5. The zero-order valence-electron chi connectivity index (χ0n) is 17.9. The highest BCUT2D eigenvalue weighted by Crippen LogP contribution is 2.42. The molecule has 2 aliphatic rings. The molecular weight excluding hydrogens is 466 g/mol. The van der Waals surface area contributed by atoms with Gasteiger partial charge in [-0.2, -0.15) is 10.2 Å². The van der Waals surface area contributed by atoms with Crippen LogP contribution in [0.5, 0.6) is 0 Å². The molecule has 0 aliphatic heterocycles. The van der Waals surface area contributed by atoms with Crippen LogP contribution >= 0.6 is 11.6 Å². The van der Waals surface area contributed by atoms with Gasteiger partial charge in [0.1, 0.15) is 6.17 Å². The first kappa shape index (κ1) is 21.3. The molecule has 0 radical (unpaired) electrons. The lowest BCUT2D eigenvalue weighted by Gasteiger charge is -2.18.